The van der Waals surface area contributed by atoms with Gasteiger partial charge in [0.05, 0.1) is 19.4 Å². The Kier molecular flexibility index (Phi) is 6.46. The number of aromatic nitrogens is 3. The molecule has 0 aliphatic carbocycles. The first kappa shape index (κ1) is 20.2. The Bertz CT molecular complexity index is 1080. The van der Waals surface area contributed by atoms with Crippen LogP contribution in [0.15, 0.2) is 77.3 Å². The van der Waals surface area contributed by atoms with E-state index in [9.17, 15) is 4.79 Å². The molecule has 2 aromatic carbocycles. The average Bonchev–Trinajstić information content (AvgIpc) is 3.49. The highest BCUT2D eigenvalue weighted by Gasteiger charge is 2.18. The van der Waals surface area contributed by atoms with Crippen molar-refractivity contribution in [1.82, 2.24) is 15.2 Å². The van der Waals surface area contributed by atoms with Crippen molar-refractivity contribution in [2.45, 2.75) is 11.7 Å². The van der Waals surface area contributed by atoms with Gasteiger partial charge in [-0.1, -0.05) is 48.2 Å². The number of carbonyl (C=O) groups excluding carboxylic acids is 1. The Morgan fingerprint density at radius 2 is 1.90 bits per heavy atom. The van der Waals surface area contributed by atoms with E-state index in [1.807, 2.05) is 72.1 Å². The van der Waals surface area contributed by atoms with Gasteiger partial charge in [0.2, 0.25) is 11.1 Å². The summed E-state index contributed by atoms with van der Waals surface area (Å²) in [5.41, 5.74) is 1.79. The van der Waals surface area contributed by atoms with Crippen LogP contribution in [0.5, 0.6) is 5.75 Å². The maximum atomic E-state index is 13.1. The summed E-state index contributed by atoms with van der Waals surface area (Å²) in [4.78, 5) is 20.5. The molecule has 4 rings (SSSR count). The molecule has 0 radical (unpaired) electrons. The number of nitrogens with zero attached hydrogens (tertiary/aromatic N) is 3. The van der Waals surface area contributed by atoms with Crippen LogP contribution in [0.3, 0.4) is 0 Å². The summed E-state index contributed by atoms with van der Waals surface area (Å²) in [5.74, 6) is 1.68. The van der Waals surface area contributed by atoms with Crippen molar-refractivity contribution >= 4 is 34.7 Å². The molecule has 0 unspecified atom stereocenters. The Labute approximate surface area is 182 Å². The molecule has 152 valence electrons. The van der Waals surface area contributed by atoms with E-state index in [1.165, 1.54) is 11.8 Å². The number of H-pyrrole nitrogens is 1. The van der Waals surface area contributed by atoms with Gasteiger partial charge < -0.3 is 9.64 Å². The number of rotatable bonds is 8. The number of ether oxygens (including phenoxy) is 1. The molecular weight excluding hydrogens is 416 g/mol. The molecule has 0 bridgehead atoms. The van der Waals surface area contributed by atoms with E-state index >= 15 is 0 Å². The van der Waals surface area contributed by atoms with Gasteiger partial charge in [-0.05, 0) is 35.7 Å². The number of hydrogen-bond donors (Lipinski definition) is 1. The number of anilines is 1. The number of benzene rings is 2. The zero-order valence-electron chi connectivity index (χ0n) is 16.3. The largest absolute Gasteiger partial charge is 0.497 e. The molecule has 6 nitrogen and oxygen atoms in total. The van der Waals surface area contributed by atoms with E-state index in [-0.39, 0.29) is 11.7 Å². The third-order valence-electron chi connectivity index (χ3n) is 4.42. The lowest BCUT2D eigenvalue weighted by Gasteiger charge is -2.22. The molecule has 2 aromatic heterocycles. The van der Waals surface area contributed by atoms with Gasteiger partial charge in [0.25, 0.3) is 0 Å². The molecule has 0 spiro atoms. The monoisotopic (exact) mass is 436 g/mol. The summed E-state index contributed by atoms with van der Waals surface area (Å²) < 4.78 is 5.23. The molecule has 0 saturated heterocycles. The molecule has 0 aliphatic rings. The van der Waals surface area contributed by atoms with Crippen LogP contribution >= 0.6 is 23.1 Å². The highest BCUT2D eigenvalue weighted by molar-refractivity contribution is 7.99. The second-order valence-electron chi connectivity index (χ2n) is 6.38. The number of nitrogens with one attached hydrogen (secondary N) is 1. The second-order valence-corrected chi connectivity index (χ2v) is 8.35. The van der Waals surface area contributed by atoms with E-state index < -0.39 is 0 Å². The molecule has 4 aromatic rings. The number of carbonyl (C=O) groups is 1. The van der Waals surface area contributed by atoms with Gasteiger partial charge in [-0.15, -0.1) is 16.4 Å². The minimum absolute atomic E-state index is 0.00960. The lowest BCUT2D eigenvalue weighted by molar-refractivity contribution is -0.116. The summed E-state index contributed by atoms with van der Waals surface area (Å²) in [6.07, 6.45) is 0. The van der Waals surface area contributed by atoms with E-state index in [0.29, 0.717) is 17.5 Å². The maximum Gasteiger partial charge on any atom is 0.237 e. The van der Waals surface area contributed by atoms with Crippen LogP contribution in [0, 0.1) is 0 Å². The van der Waals surface area contributed by atoms with Gasteiger partial charge in [0.1, 0.15) is 5.75 Å². The number of hydrogen-bond acceptors (Lipinski definition) is 6. The second kappa shape index (κ2) is 9.60. The quantitative estimate of drug-likeness (QED) is 0.399. The van der Waals surface area contributed by atoms with Crippen molar-refractivity contribution in [3.8, 4) is 17.1 Å². The molecule has 8 heteroatoms. The van der Waals surface area contributed by atoms with Gasteiger partial charge in [-0.3, -0.25) is 9.89 Å². The summed E-state index contributed by atoms with van der Waals surface area (Å²) in [6, 6.07) is 21.3. The van der Waals surface area contributed by atoms with Crippen molar-refractivity contribution in [2.75, 3.05) is 17.8 Å². The fraction of sp³-hybridized carbons (Fsp3) is 0.136. The minimum Gasteiger partial charge on any atom is -0.497 e. The van der Waals surface area contributed by atoms with Crippen LogP contribution in [-0.2, 0) is 11.3 Å². The van der Waals surface area contributed by atoms with Crippen LogP contribution < -0.4 is 9.64 Å². The lowest BCUT2D eigenvalue weighted by atomic mass is 10.2. The summed E-state index contributed by atoms with van der Waals surface area (Å²) in [6.45, 7) is 0.520. The molecular formula is C22H20N4O2S2. The lowest BCUT2D eigenvalue weighted by Crippen LogP contribution is -2.31. The predicted octanol–water partition coefficient (Wildman–Crippen LogP) is 4.87. The normalized spacial score (nSPS) is 10.7. The minimum atomic E-state index is -0.00960. The van der Waals surface area contributed by atoms with Crippen LogP contribution in [0.2, 0.25) is 0 Å². The van der Waals surface area contributed by atoms with Crippen molar-refractivity contribution in [3.63, 3.8) is 0 Å². The molecule has 0 saturated carbocycles. The third kappa shape index (κ3) is 4.90. The van der Waals surface area contributed by atoms with Crippen molar-refractivity contribution in [2.24, 2.45) is 0 Å². The molecule has 2 heterocycles. The SMILES string of the molecule is COc1ccc(N(Cc2cccs2)C(=O)CSc2n[nH]c(-c3ccccc3)n2)cc1. The molecule has 1 N–H and O–H groups in total. The first-order chi connectivity index (χ1) is 14.7. The Morgan fingerprint density at radius 3 is 2.60 bits per heavy atom. The number of thiophene rings is 1. The first-order valence-corrected chi connectivity index (χ1v) is 11.2. The van der Waals surface area contributed by atoms with Crippen LogP contribution in [-0.4, -0.2) is 34.0 Å². The van der Waals surface area contributed by atoms with Crippen molar-refractivity contribution in [1.29, 1.82) is 0 Å². The molecule has 0 aliphatic heterocycles. The van der Waals surface area contributed by atoms with Gasteiger partial charge in [0.15, 0.2) is 5.82 Å². The Balaban J connectivity index is 1.47. The summed E-state index contributed by atoms with van der Waals surface area (Å²) >= 11 is 2.95. The Hall–Kier alpha value is -3.10. The number of amides is 1. The first-order valence-electron chi connectivity index (χ1n) is 9.30. The fourth-order valence-electron chi connectivity index (χ4n) is 2.88. The van der Waals surface area contributed by atoms with E-state index in [4.69, 9.17) is 4.74 Å². The standard InChI is InChI=1S/C22H20N4O2S2/c1-28-18-11-9-17(10-12-18)26(14-19-8-5-13-29-19)20(27)15-30-22-23-21(24-25-22)16-6-3-2-4-7-16/h2-13H,14-15H2,1H3,(H,23,24,25). The highest BCUT2D eigenvalue weighted by atomic mass is 32.2. The van der Waals surface area contributed by atoms with E-state index in [0.717, 1.165) is 21.9 Å². The molecule has 0 atom stereocenters. The van der Waals surface area contributed by atoms with Crippen LogP contribution in [0.4, 0.5) is 5.69 Å². The number of aromatic amines is 1. The number of thioether (sulfide) groups is 1. The number of methoxy groups -OCH3 is 1. The zero-order valence-corrected chi connectivity index (χ0v) is 18.0. The van der Waals surface area contributed by atoms with Crippen molar-refractivity contribution < 1.29 is 9.53 Å². The zero-order chi connectivity index (χ0) is 20.8. The van der Waals surface area contributed by atoms with Gasteiger partial charge in [0, 0.05) is 16.1 Å². The molecule has 30 heavy (non-hydrogen) atoms. The smallest absolute Gasteiger partial charge is 0.237 e. The van der Waals surface area contributed by atoms with Crippen LogP contribution in [0.1, 0.15) is 4.88 Å². The van der Waals surface area contributed by atoms with Gasteiger partial charge >= 0.3 is 0 Å². The summed E-state index contributed by atoms with van der Waals surface area (Å²) in [5, 5.41) is 9.74. The topological polar surface area (TPSA) is 71.1 Å². The highest BCUT2D eigenvalue weighted by Crippen LogP contribution is 2.25. The predicted molar refractivity (Wildman–Crippen MR) is 121 cm³/mol. The van der Waals surface area contributed by atoms with E-state index in [2.05, 4.69) is 15.2 Å². The summed E-state index contributed by atoms with van der Waals surface area (Å²) in [7, 11) is 1.63. The maximum absolute atomic E-state index is 13.1. The van der Waals surface area contributed by atoms with Gasteiger partial charge in [-0.25, -0.2) is 4.98 Å². The fourth-order valence-corrected chi connectivity index (χ4v) is 4.25. The van der Waals surface area contributed by atoms with Crippen molar-refractivity contribution in [3.05, 3.63) is 77.0 Å². The van der Waals surface area contributed by atoms with Gasteiger partial charge in [-0.2, -0.15) is 0 Å². The third-order valence-corrected chi connectivity index (χ3v) is 6.11. The average molecular weight is 437 g/mol. The molecule has 0 fully saturated rings. The Morgan fingerprint density at radius 1 is 1.10 bits per heavy atom. The molecule has 1 amide bonds. The van der Waals surface area contributed by atoms with E-state index in [1.54, 1.807) is 23.3 Å². The van der Waals surface area contributed by atoms with Crippen LogP contribution in [0.25, 0.3) is 11.4 Å².